The van der Waals surface area contributed by atoms with Gasteiger partial charge in [0, 0.05) is 22.8 Å². The summed E-state index contributed by atoms with van der Waals surface area (Å²) in [5, 5.41) is 1.92. The smallest absolute Gasteiger partial charge is 0.345 e. The van der Waals surface area contributed by atoms with E-state index in [0.29, 0.717) is 32.5 Å². The first-order valence-electron chi connectivity index (χ1n) is 6.48. The summed E-state index contributed by atoms with van der Waals surface area (Å²) in [6.45, 7) is 0. The van der Waals surface area contributed by atoms with Gasteiger partial charge in [-0.15, -0.1) is 0 Å². The predicted octanol–water partition coefficient (Wildman–Crippen LogP) is 4.41. The van der Waals surface area contributed by atoms with Gasteiger partial charge in [0.15, 0.2) is 0 Å². The SMILES string of the molecule is O=c1oc2ccc(Cl)cc2cc1-c1cn2cc(Cl)ccc2n1. The molecule has 4 aromatic rings. The number of aromatic nitrogens is 2. The summed E-state index contributed by atoms with van der Waals surface area (Å²) in [5.74, 6) is 0. The minimum Gasteiger partial charge on any atom is -0.422 e. The summed E-state index contributed by atoms with van der Waals surface area (Å²) in [5.41, 5.74) is 1.66. The van der Waals surface area contributed by atoms with Gasteiger partial charge in [0.2, 0.25) is 0 Å². The predicted molar refractivity (Wildman–Crippen MR) is 86.7 cm³/mol. The molecule has 0 aliphatic heterocycles. The Morgan fingerprint density at radius 2 is 1.82 bits per heavy atom. The van der Waals surface area contributed by atoms with Crippen molar-refractivity contribution < 1.29 is 4.42 Å². The van der Waals surface area contributed by atoms with Gasteiger partial charge in [-0.25, -0.2) is 9.78 Å². The van der Waals surface area contributed by atoms with Crippen LogP contribution in [-0.2, 0) is 0 Å². The van der Waals surface area contributed by atoms with E-state index in [9.17, 15) is 4.79 Å². The van der Waals surface area contributed by atoms with E-state index >= 15 is 0 Å². The Hall–Kier alpha value is -2.30. The zero-order valence-electron chi connectivity index (χ0n) is 11.1. The van der Waals surface area contributed by atoms with Gasteiger partial charge in [-0.1, -0.05) is 23.2 Å². The summed E-state index contributed by atoms with van der Waals surface area (Å²) in [7, 11) is 0. The zero-order chi connectivity index (χ0) is 15.3. The largest absolute Gasteiger partial charge is 0.422 e. The van der Waals surface area contributed by atoms with Gasteiger partial charge in [0.25, 0.3) is 0 Å². The van der Waals surface area contributed by atoms with Gasteiger partial charge in [-0.3, -0.25) is 0 Å². The number of halogens is 2. The Morgan fingerprint density at radius 1 is 1.00 bits per heavy atom. The van der Waals surface area contributed by atoms with E-state index in [1.54, 1.807) is 53.2 Å². The van der Waals surface area contributed by atoms with E-state index in [4.69, 9.17) is 27.6 Å². The Labute approximate surface area is 134 Å². The van der Waals surface area contributed by atoms with E-state index in [2.05, 4.69) is 4.98 Å². The molecule has 0 aliphatic rings. The second-order valence-electron chi connectivity index (χ2n) is 4.87. The molecule has 0 aliphatic carbocycles. The normalized spacial score (nSPS) is 11.4. The molecule has 6 heteroatoms. The van der Waals surface area contributed by atoms with Crippen molar-refractivity contribution >= 4 is 39.8 Å². The number of hydrogen-bond acceptors (Lipinski definition) is 3. The number of benzene rings is 1. The van der Waals surface area contributed by atoms with Gasteiger partial charge in [0.05, 0.1) is 16.3 Å². The first-order chi connectivity index (χ1) is 10.6. The standard InChI is InChI=1S/C16H8Cl2N2O2/c17-10-1-3-14-9(5-10)6-12(16(21)22-14)13-8-20-7-11(18)2-4-15(20)19-13/h1-8H. The Balaban J connectivity index is 1.98. The van der Waals surface area contributed by atoms with E-state index < -0.39 is 5.63 Å². The van der Waals surface area contributed by atoms with Gasteiger partial charge < -0.3 is 8.82 Å². The van der Waals surface area contributed by atoms with Crippen molar-refractivity contribution in [2.24, 2.45) is 0 Å². The van der Waals surface area contributed by atoms with Crippen LogP contribution in [0.25, 0.3) is 27.9 Å². The highest BCUT2D eigenvalue weighted by Crippen LogP contribution is 2.24. The maximum Gasteiger partial charge on any atom is 0.345 e. The second-order valence-corrected chi connectivity index (χ2v) is 5.74. The van der Waals surface area contributed by atoms with Gasteiger partial charge in [0.1, 0.15) is 11.2 Å². The Kier molecular flexibility index (Phi) is 2.96. The maximum absolute atomic E-state index is 12.2. The lowest BCUT2D eigenvalue weighted by atomic mass is 10.1. The summed E-state index contributed by atoms with van der Waals surface area (Å²) in [6.07, 6.45) is 3.47. The maximum atomic E-state index is 12.2. The minimum absolute atomic E-state index is 0.384. The molecule has 0 saturated carbocycles. The monoisotopic (exact) mass is 330 g/mol. The average Bonchev–Trinajstić information content (AvgIpc) is 2.89. The number of nitrogens with zero attached hydrogens (tertiary/aromatic N) is 2. The fourth-order valence-electron chi connectivity index (χ4n) is 2.37. The molecule has 108 valence electrons. The molecule has 0 fully saturated rings. The molecular weight excluding hydrogens is 323 g/mol. The summed E-state index contributed by atoms with van der Waals surface area (Å²) in [6, 6.07) is 10.4. The van der Waals surface area contributed by atoms with Crippen molar-refractivity contribution in [3.8, 4) is 11.3 Å². The molecule has 0 saturated heterocycles. The van der Waals surface area contributed by atoms with Crippen LogP contribution >= 0.6 is 23.2 Å². The molecular formula is C16H8Cl2N2O2. The van der Waals surface area contributed by atoms with Crippen LogP contribution in [0, 0.1) is 0 Å². The molecule has 0 radical (unpaired) electrons. The molecule has 1 aromatic carbocycles. The highest BCUT2D eigenvalue weighted by molar-refractivity contribution is 6.31. The third-order valence-electron chi connectivity index (χ3n) is 3.39. The van der Waals surface area contributed by atoms with Crippen LogP contribution in [0.15, 0.2) is 58.0 Å². The summed E-state index contributed by atoms with van der Waals surface area (Å²) >= 11 is 11.9. The van der Waals surface area contributed by atoms with Crippen molar-refractivity contribution in [3.05, 3.63) is 69.3 Å². The van der Waals surface area contributed by atoms with Crippen LogP contribution in [0.3, 0.4) is 0 Å². The molecule has 4 rings (SSSR count). The van der Waals surface area contributed by atoms with E-state index in [1.165, 1.54) is 0 Å². The number of rotatable bonds is 1. The molecule has 4 nitrogen and oxygen atoms in total. The van der Waals surface area contributed by atoms with Crippen LogP contribution < -0.4 is 5.63 Å². The molecule has 0 unspecified atom stereocenters. The zero-order valence-corrected chi connectivity index (χ0v) is 12.6. The van der Waals surface area contributed by atoms with Crippen LogP contribution in [0.5, 0.6) is 0 Å². The number of fused-ring (bicyclic) bond motifs is 2. The first kappa shape index (κ1) is 13.4. The third kappa shape index (κ3) is 2.17. The van der Waals surface area contributed by atoms with Crippen molar-refractivity contribution in [1.29, 1.82) is 0 Å². The van der Waals surface area contributed by atoms with E-state index in [-0.39, 0.29) is 0 Å². The first-order valence-corrected chi connectivity index (χ1v) is 7.24. The van der Waals surface area contributed by atoms with E-state index in [1.807, 2.05) is 0 Å². The number of imidazole rings is 1. The van der Waals surface area contributed by atoms with Gasteiger partial charge >= 0.3 is 5.63 Å². The summed E-state index contributed by atoms with van der Waals surface area (Å²) < 4.78 is 7.10. The van der Waals surface area contributed by atoms with Crippen molar-refractivity contribution in [2.75, 3.05) is 0 Å². The van der Waals surface area contributed by atoms with Crippen LogP contribution in [0.1, 0.15) is 0 Å². The molecule has 0 spiro atoms. The van der Waals surface area contributed by atoms with Crippen LogP contribution in [0.2, 0.25) is 10.0 Å². The molecule has 0 atom stereocenters. The molecule has 0 bridgehead atoms. The van der Waals surface area contributed by atoms with Gasteiger partial charge in [-0.2, -0.15) is 0 Å². The fraction of sp³-hybridized carbons (Fsp3) is 0. The fourth-order valence-corrected chi connectivity index (χ4v) is 2.72. The highest BCUT2D eigenvalue weighted by Gasteiger charge is 2.12. The molecule has 3 aromatic heterocycles. The number of pyridine rings is 1. The topological polar surface area (TPSA) is 47.5 Å². The molecule has 3 heterocycles. The van der Waals surface area contributed by atoms with Crippen molar-refractivity contribution in [1.82, 2.24) is 9.38 Å². The molecule has 0 N–H and O–H groups in total. The third-order valence-corrected chi connectivity index (χ3v) is 3.84. The number of hydrogen-bond donors (Lipinski definition) is 0. The van der Waals surface area contributed by atoms with Gasteiger partial charge in [-0.05, 0) is 36.4 Å². The average molecular weight is 331 g/mol. The Bertz CT molecular complexity index is 1080. The van der Waals surface area contributed by atoms with E-state index in [0.717, 1.165) is 5.39 Å². The van der Waals surface area contributed by atoms with Crippen LogP contribution in [-0.4, -0.2) is 9.38 Å². The van der Waals surface area contributed by atoms with Crippen LogP contribution in [0.4, 0.5) is 0 Å². The highest BCUT2D eigenvalue weighted by atomic mass is 35.5. The molecule has 22 heavy (non-hydrogen) atoms. The quantitative estimate of drug-likeness (QED) is 0.485. The lowest BCUT2D eigenvalue weighted by molar-refractivity contribution is 0.563. The van der Waals surface area contributed by atoms with Crippen molar-refractivity contribution in [3.63, 3.8) is 0 Å². The summed E-state index contributed by atoms with van der Waals surface area (Å²) in [4.78, 5) is 16.6. The minimum atomic E-state index is -0.440. The second kappa shape index (κ2) is 4.87. The van der Waals surface area contributed by atoms with Crippen molar-refractivity contribution in [2.45, 2.75) is 0 Å². The molecule has 0 amide bonds. The lowest BCUT2D eigenvalue weighted by Gasteiger charge is -2.00. The lowest BCUT2D eigenvalue weighted by Crippen LogP contribution is -2.02. The Morgan fingerprint density at radius 3 is 2.68 bits per heavy atom.